The lowest BCUT2D eigenvalue weighted by atomic mass is 10.2. The van der Waals surface area contributed by atoms with E-state index in [4.69, 9.17) is 5.26 Å². The van der Waals surface area contributed by atoms with Gasteiger partial charge in [-0.1, -0.05) is 0 Å². The second-order valence-corrected chi connectivity index (χ2v) is 5.99. The van der Waals surface area contributed by atoms with E-state index >= 15 is 0 Å². The summed E-state index contributed by atoms with van der Waals surface area (Å²) in [6, 6.07) is 4.22. The number of hydrogen-bond donors (Lipinski definition) is 1. The van der Waals surface area contributed by atoms with Crippen LogP contribution in [0.3, 0.4) is 0 Å². The number of nitrogens with one attached hydrogen (secondary N) is 1. The number of nitriles is 1. The highest BCUT2D eigenvalue weighted by Gasteiger charge is 2.12. The molecule has 0 unspecified atom stereocenters. The van der Waals surface area contributed by atoms with Crippen LogP contribution in [-0.4, -0.2) is 60.7 Å². The molecule has 0 spiro atoms. The quantitative estimate of drug-likeness (QED) is 0.792. The van der Waals surface area contributed by atoms with E-state index < -0.39 is 0 Å². The molecule has 0 radical (unpaired) electrons. The molecule has 1 fully saturated rings. The standard InChI is InChI=1S/C16H27N5/c1-14-15(11-16(12-17)20(14)3)13-18-5-4-6-21-9-7-19(2)8-10-21/h11,18H,4-10,13H2,1-3H3. The van der Waals surface area contributed by atoms with E-state index in [9.17, 15) is 0 Å². The fraction of sp³-hybridized carbons (Fsp3) is 0.688. The maximum atomic E-state index is 9.03. The van der Waals surface area contributed by atoms with Crippen LogP contribution >= 0.6 is 0 Å². The van der Waals surface area contributed by atoms with Crippen LogP contribution in [0.2, 0.25) is 0 Å². The van der Waals surface area contributed by atoms with E-state index in [-0.39, 0.29) is 0 Å². The van der Waals surface area contributed by atoms with Crippen molar-refractivity contribution in [2.24, 2.45) is 7.05 Å². The molecule has 2 rings (SSSR count). The zero-order chi connectivity index (χ0) is 15.2. The summed E-state index contributed by atoms with van der Waals surface area (Å²) in [5.41, 5.74) is 3.15. The van der Waals surface area contributed by atoms with Crippen molar-refractivity contribution >= 4 is 0 Å². The maximum Gasteiger partial charge on any atom is 0.120 e. The highest BCUT2D eigenvalue weighted by molar-refractivity contribution is 5.33. The number of aromatic nitrogens is 1. The smallest absolute Gasteiger partial charge is 0.120 e. The van der Waals surface area contributed by atoms with Crippen LogP contribution in [0.15, 0.2) is 6.07 Å². The SMILES string of the molecule is Cc1c(CNCCCN2CCN(C)CC2)cc(C#N)n1C. The summed E-state index contributed by atoms with van der Waals surface area (Å²) in [6.07, 6.45) is 1.18. The van der Waals surface area contributed by atoms with E-state index in [1.807, 2.05) is 17.7 Å². The zero-order valence-corrected chi connectivity index (χ0v) is 13.5. The van der Waals surface area contributed by atoms with Crippen molar-refractivity contribution < 1.29 is 0 Å². The monoisotopic (exact) mass is 289 g/mol. The van der Waals surface area contributed by atoms with Gasteiger partial charge >= 0.3 is 0 Å². The Hall–Kier alpha value is -1.35. The summed E-state index contributed by atoms with van der Waals surface area (Å²) in [5.74, 6) is 0. The van der Waals surface area contributed by atoms with Crippen LogP contribution < -0.4 is 5.32 Å². The molecule has 1 aromatic heterocycles. The van der Waals surface area contributed by atoms with E-state index in [0.29, 0.717) is 0 Å². The van der Waals surface area contributed by atoms with Crippen molar-refractivity contribution in [1.29, 1.82) is 5.26 Å². The summed E-state index contributed by atoms with van der Waals surface area (Å²) >= 11 is 0. The molecular formula is C16H27N5. The van der Waals surface area contributed by atoms with Crippen LogP contribution in [0.1, 0.15) is 23.4 Å². The minimum Gasteiger partial charge on any atom is -0.340 e. The first-order valence-corrected chi connectivity index (χ1v) is 7.78. The molecule has 1 aromatic rings. The van der Waals surface area contributed by atoms with Gasteiger partial charge in [-0.2, -0.15) is 5.26 Å². The van der Waals surface area contributed by atoms with Gasteiger partial charge in [-0.25, -0.2) is 0 Å². The number of rotatable bonds is 6. The van der Waals surface area contributed by atoms with Crippen LogP contribution in [0.4, 0.5) is 0 Å². The van der Waals surface area contributed by atoms with Crippen molar-refractivity contribution in [3.05, 3.63) is 23.0 Å². The van der Waals surface area contributed by atoms with E-state index in [1.54, 1.807) is 0 Å². The lowest BCUT2D eigenvalue weighted by Gasteiger charge is -2.32. The molecular weight excluding hydrogens is 262 g/mol. The molecule has 1 saturated heterocycles. The Morgan fingerprint density at radius 3 is 2.57 bits per heavy atom. The van der Waals surface area contributed by atoms with Gasteiger partial charge in [0.15, 0.2) is 0 Å². The number of likely N-dealkylation sites (N-methyl/N-ethyl adjacent to an activating group) is 1. The molecule has 1 aliphatic heterocycles. The van der Waals surface area contributed by atoms with Crippen molar-refractivity contribution in [2.45, 2.75) is 19.9 Å². The van der Waals surface area contributed by atoms with Gasteiger partial charge in [0, 0.05) is 45.5 Å². The van der Waals surface area contributed by atoms with Gasteiger partial charge in [0.25, 0.3) is 0 Å². The van der Waals surface area contributed by atoms with Crippen molar-refractivity contribution in [2.75, 3.05) is 46.3 Å². The molecule has 0 amide bonds. The predicted molar refractivity (Wildman–Crippen MR) is 85.1 cm³/mol. The van der Waals surface area contributed by atoms with Gasteiger partial charge in [0.05, 0.1) is 0 Å². The molecule has 0 bridgehead atoms. The Labute approximate surface area is 128 Å². The van der Waals surface area contributed by atoms with Crippen LogP contribution in [0, 0.1) is 18.3 Å². The average Bonchev–Trinajstić information content (AvgIpc) is 2.76. The third-order valence-corrected chi connectivity index (χ3v) is 4.49. The molecule has 1 aliphatic rings. The Bertz CT molecular complexity index is 492. The number of piperazine rings is 1. The van der Waals surface area contributed by atoms with Crippen LogP contribution in [0.5, 0.6) is 0 Å². The lowest BCUT2D eigenvalue weighted by Crippen LogP contribution is -2.45. The van der Waals surface area contributed by atoms with Crippen molar-refractivity contribution in [1.82, 2.24) is 19.7 Å². The highest BCUT2D eigenvalue weighted by Crippen LogP contribution is 2.12. The molecule has 116 valence electrons. The lowest BCUT2D eigenvalue weighted by molar-refractivity contribution is 0.153. The van der Waals surface area contributed by atoms with Gasteiger partial charge in [-0.05, 0) is 45.1 Å². The van der Waals surface area contributed by atoms with Gasteiger partial charge in [0.1, 0.15) is 11.8 Å². The topological polar surface area (TPSA) is 47.2 Å². The Morgan fingerprint density at radius 1 is 1.24 bits per heavy atom. The van der Waals surface area contributed by atoms with Gasteiger partial charge in [-0.3, -0.25) is 0 Å². The molecule has 0 aromatic carbocycles. The third-order valence-electron chi connectivity index (χ3n) is 4.49. The largest absolute Gasteiger partial charge is 0.340 e. The summed E-state index contributed by atoms with van der Waals surface area (Å²) in [6.45, 7) is 9.90. The summed E-state index contributed by atoms with van der Waals surface area (Å²) in [5, 5.41) is 12.5. The van der Waals surface area contributed by atoms with Gasteiger partial charge in [0.2, 0.25) is 0 Å². The number of hydrogen-bond acceptors (Lipinski definition) is 4. The van der Waals surface area contributed by atoms with E-state index in [1.165, 1.54) is 50.4 Å². The zero-order valence-electron chi connectivity index (χ0n) is 13.5. The van der Waals surface area contributed by atoms with E-state index in [2.05, 4.69) is 35.2 Å². The second kappa shape index (κ2) is 7.60. The molecule has 21 heavy (non-hydrogen) atoms. The maximum absolute atomic E-state index is 9.03. The Balaban J connectivity index is 1.65. The molecule has 0 aliphatic carbocycles. The van der Waals surface area contributed by atoms with Gasteiger partial charge in [-0.15, -0.1) is 0 Å². The molecule has 0 saturated carbocycles. The average molecular weight is 289 g/mol. The first kappa shape index (κ1) is 16.0. The fourth-order valence-electron chi connectivity index (χ4n) is 2.77. The third kappa shape index (κ3) is 4.31. The van der Waals surface area contributed by atoms with E-state index in [0.717, 1.165) is 18.8 Å². The molecule has 1 N–H and O–H groups in total. The number of nitrogens with zero attached hydrogens (tertiary/aromatic N) is 4. The highest BCUT2D eigenvalue weighted by atomic mass is 15.2. The minimum atomic E-state index is 0.738. The molecule has 5 nitrogen and oxygen atoms in total. The Kier molecular flexibility index (Phi) is 5.80. The molecule has 5 heteroatoms. The normalized spacial score (nSPS) is 17.0. The molecule has 0 atom stereocenters. The first-order valence-electron chi connectivity index (χ1n) is 7.78. The van der Waals surface area contributed by atoms with Crippen LogP contribution in [-0.2, 0) is 13.6 Å². The van der Waals surface area contributed by atoms with Crippen molar-refractivity contribution in [3.63, 3.8) is 0 Å². The minimum absolute atomic E-state index is 0.738. The predicted octanol–water partition coefficient (Wildman–Crippen LogP) is 0.932. The second-order valence-electron chi connectivity index (χ2n) is 5.99. The molecule has 2 heterocycles. The fourth-order valence-corrected chi connectivity index (χ4v) is 2.77. The first-order chi connectivity index (χ1) is 10.1. The van der Waals surface area contributed by atoms with Crippen LogP contribution in [0.25, 0.3) is 0 Å². The van der Waals surface area contributed by atoms with Crippen molar-refractivity contribution in [3.8, 4) is 6.07 Å². The summed E-state index contributed by atoms with van der Waals surface area (Å²) in [4.78, 5) is 4.93. The Morgan fingerprint density at radius 2 is 1.95 bits per heavy atom. The van der Waals surface area contributed by atoms with Gasteiger partial charge < -0.3 is 19.7 Å². The summed E-state index contributed by atoms with van der Waals surface area (Å²) < 4.78 is 1.96. The summed E-state index contributed by atoms with van der Waals surface area (Å²) in [7, 11) is 4.14.